The van der Waals surface area contributed by atoms with Crippen LogP contribution in [0.1, 0.15) is 37.0 Å². The van der Waals surface area contributed by atoms with E-state index in [0.29, 0.717) is 4.90 Å². The number of rotatable bonds is 4. The van der Waals surface area contributed by atoms with E-state index >= 15 is 0 Å². The topological polar surface area (TPSA) is 37.4 Å². The van der Waals surface area contributed by atoms with Crippen LogP contribution in [0.5, 0.6) is 0 Å². The molecule has 3 nitrogen and oxygen atoms in total. The molecule has 0 aliphatic carbocycles. The largest absolute Gasteiger partial charge is 0.243 e. The summed E-state index contributed by atoms with van der Waals surface area (Å²) in [5.41, 5.74) is 2.74. The van der Waals surface area contributed by atoms with E-state index in [-0.39, 0.29) is 6.04 Å². The Kier molecular flexibility index (Phi) is 4.56. The third-order valence-electron chi connectivity index (χ3n) is 3.45. The Hall–Kier alpha value is -0.870. The molecule has 0 radical (unpaired) electrons. The lowest BCUT2D eigenvalue weighted by atomic mass is 10.1. The van der Waals surface area contributed by atoms with E-state index in [1.54, 1.807) is 7.05 Å². The highest BCUT2D eigenvalue weighted by Crippen LogP contribution is 2.25. The summed E-state index contributed by atoms with van der Waals surface area (Å²) in [6.07, 6.45) is 0.805. The third-order valence-corrected chi connectivity index (χ3v) is 5.73. The Bertz CT molecular complexity index is 512. The van der Waals surface area contributed by atoms with Crippen molar-refractivity contribution in [3.63, 3.8) is 0 Å². The van der Waals surface area contributed by atoms with Gasteiger partial charge in [0.25, 0.3) is 0 Å². The van der Waals surface area contributed by atoms with E-state index in [0.717, 1.165) is 23.1 Å². The SMILES string of the molecule is CCC(C)N(C)S(=O)(=O)c1c(C)cc(C)cc1C. The molecule has 0 aliphatic heterocycles. The highest BCUT2D eigenvalue weighted by molar-refractivity contribution is 7.89. The van der Waals surface area contributed by atoms with Crippen LogP contribution in [0.15, 0.2) is 17.0 Å². The second-order valence-corrected chi connectivity index (χ2v) is 6.94. The second-order valence-electron chi connectivity index (χ2n) is 5.01. The number of sulfonamides is 1. The second kappa shape index (κ2) is 5.41. The van der Waals surface area contributed by atoms with Crippen LogP contribution in [0, 0.1) is 20.8 Å². The van der Waals surface area contributed by atoms with E-state index in [1.165, 1.54) is 4.31 Å². The lowest BCUT2D eigenvalue weighted by molar-refractivity contribution is 0.380. The van der Waals surface area contributed by atoms with E-state index in [9.17, 15) is 8.42 Å². The Morgan fingerprint density at radius 3 is 2.00 bits per heavy atom. The van der Waals surface area contributed by atoms with Crippen LogP contribution < -0.4 is 0 Å². The van der Waals surface area contributed by atoms with Crippen LogP contribution in [0.2, 0.25) is 0 Å². The fourth-order valence-corrected chi connectivity index (χ4v) is 4.05. The zero-order valence-corrected chi connectivity index (χ0v) is 12.9. The van der Waals surface area contributed by atoms with Crippen molar-refractivity contribution >= 4 is 10.0 Å². The van der Waals surface area contributed by atoms with Crippen molar-refractivity contribution < 1.29 is 8.42 Å². The average molecular weight is 269 g/mol. The van der Waals surface area contributed by atoms with Crippen molar-refractivity contribution in [1.29, 1.82) is 0 Å². The first-order valence-corrected chi connectivity index (χ1v) is 7.71. The highest BCUT2D eigenvalue weighted by atomic mass is 32.2. The molecular weight excluding hydrogens is 246 g/mol. The minimum atomic E-state index is -3.40. The van der Waals surface area contributed by atoms with Gasteiger partial charge in [-0.2, -0.15) is 4.31 Å². The molecule has 4 heteroatoms. The van der Waals surface area contributed by atoms with E-state index in [2.05, 4.69) is 0 Å². The Balaban J connectivity index is 3.38. The molecule has 0 bridgehead atoms. The molecule has 102 valence electrons. The molecule has 0 N–H and O–H groups in total. The maximum Gasteiger partial charge on any atom is 0.243 e. The molecular formula is C14H23NO2S. The maximum absolute atomic E-state index is 12.6. The van der Waals surface area contributed by atoms with Crippen LogP contribution >= 0.6 is 0 Å². The predicted octanol–water partition coefficient (Wildman–Crippen LogP) is 3.03. The normalized spacial score (nSPS) is 13.9. The summed E-state index contributed by atoms with van der Waals surface area (Å²) in [4.78, 5) is 0.455. The minimum Gasteiger partial charge on any atom is -0.207 e. The number of hydrogen-bond donors (Lipinski definition) is 0. The van der Waals surface area contributed by atoms with Crippen LogP contribution in [-0.2, 0) is 10.0 Å². The van der Waals surface area contributed by atoms with Gasteiger partial charge in [0, 0.05) is 13.1 Å². The maximum atomic E-state index is 12.6. The van der Waals surface area contributed by atoms with Gasteiger partial charge in [-0.1, -0.05) is 24.6 Å². The first-order chi connectivity index (χ1) is 8.21. The predicted molar refractivity (Wildman–Crippen MR) is 75.4 cm³/mol. The van der Waals surface area contributed by atoms with Gasteiger partial charge in [-0.15, -0.1) is 0 Å². The molecule has 0 aromatic heterocycles. The van der Waals surface area contributed by atoms with Gasteiger partial charge in [0.2, 0.25) is 10.0 Å². The highest BCUT2D eigenvalue weighted by Gasteiger charge is 2.27. The molecule has 0 saturated carbocycles. The summed E-state index contributed by atoms with van der Waals surface area (Å²) in [6.45, 7) is 9.62. The molecule has 0 saturated heterocycles. The van der Waals surface area contributed by atoms with Gasteiger partial charge in [-0.3, -0.25) is 0 Å². The summed E-state index contributed by atoms with van der Waals surface area (Å²) in [5.74, 6) is 0. The Morgan fingerprint density at radius 2 is 1.61 bits per heavy atom. The fraction of sp³-hybridized carbons (Fsp3) is 0.571. The molecule has 1 aromatic rings. The van der Waals surface area contributed by atoms with Gasteiger partial charge in [0.1, 0.15) is 0 Å². The Labute approximate surface area is 111 Å². The van der Waals surface area contributed by atoms with Crippen molar-refractivity contribution in [3.05, 3.63) is 28.8 Å². The number of nitrogens with zero attached hydrogens (tertiary/aromatic N) is 1. The van der Waals surface area contributed by atoms with Crippen LogP contribution in [0.25, 0.3) is 0 Å². The zero-order chi connectivity index (χ0) is 14.1. The van der Waals surface area contributed by atoms with Gasteiger partial charge in [-0.25, -0.2) is 8.42 Å². The molecule has 1 atom stereocenters. The molecule has 0 aliphatic rings. The van der Waals surface area contributed by atoms with Crippen LogP contribution in [0.3, 0.4) is 0 Å². The van der Waals surface area contributed by atoms with Crippen molar-refractivity contribution in [2.24, 2.45) is 0 Å². The molecule has 0 fully saturated rings. The number of aryl methyl sites for hydroxylation is 3. The quantitative estimate of drug-likeness (QED) is 0.842. The first-order valence-electron chi connectivity index (χ1n) is 6.27. The fourth-order valence-electron chi connectivity index (χ4n) is 2.21. The van der Waals surface area contributed by atoms with E-state index in [1.807, 2.05) is 46.8 Å². The number of benzene rings is 1. The molecule has 0 heterocycles. The summed E-state index contributed by atoms with van der Waals surface area (Å²) in [5, 5.41) is 0. The monoisotopic (exact) mass is 269 g/mol. The van der Waals surface area contributed by atoms with Crippen molar-refractivity contribution in [2.75, 3.05) is 7.05 Å². The molecule has 0 spiro atoms. The smallest absolute Gasteiger partial charge is 0.207 e. The lowest BCUT2D eigenvalue weighted by Crippen LogP contribution is -2.35. The third kappa shape index (κ3) is 2.75. The summed E-state index contributed by atoms with van der Waals surface area (Å²) >= 11 is 0. The molecule has 18 heavy (non-hydrogen) atoms. The van der Waals surface area contributed by atoms with Gasteiger partial charge in [0.15, 0.2) is 0 Å². The van der Waals surface area contributed by atoms with Crippen molar-refractivity contribution in [3.8, 4) is 0 Å². The average Bonchev–Trinajstić information content (AvgIpc) is 2.24. The molecule has 1 unspecified atom stereocenters. The van der Waals surface area contributed by atoms with Crippen LogP contribution in [-0.4, -0.2) is 25.8 Å². The molecule has 1 aromatic carbocycles. The van der Waals surface area contributed by atoms with Crippen molar-refractivity contribution in [2.45, 2.75) is 52.0 Å². The standard InChI is InChI=1S/C14H23NO2S/c1-7-13(5)15(6)18(16,17)14-11(3)8-10(2)9-12(14)4/h8-9,13H,7H2,1-6H3. The van der Waals surface area contributed by atoms with Gasteiger partial charge < -0.3 is 0 Å². The summed E-state index contributed by atoms with van der Waals surface area (Å²) in [6, 6.07) is 3.85. The summed E-state index contributed by atoms with van der Waals surface area (Å²) in [7, 11) is -1.74. The first kappa shape index (κ1) is 15.2. The van der Waals surface area contributed by atoms with Gasteiger partial charge in [-0.05, 0) is 45.2 Å². The number of hydrogen-bond acceptors (Lipinski definition) is 2. The van der Waals surface area contributed by atoms with Crippen LogP contribution in [0.4, 0.5) is 0 Å². The van der Waals surface area contributed by atoms with E-state index < -0.39 is 10.0 Å². The molecule has 1 rings (SSSR count). The molecule has 0 amide bonds. The lowest BCUT2D eigenvalue weighted by Gasteiger charge is -2.25. The zero-order valence-electron chi connectivity index (χ0n) is 12.1. The van der Waals surface area contributed by atoms with Gasteiger partial charge in [0.05, 0.1) is 4.90 Å². The summed E-state index contributed by atoms with van der Waals surface area (Å²) < 4.78 is 26.7. The Morgan fingerprint density at radius 1 is 1.17 bits per heavy atom. The van der Waals surface area contributed by atoms with E-state index in [4.69, 9.17) is 0 Å². The minimum absolute atomic E-state index is 0.00935. The van der Waals surface area contributed by atoms with Gasteiger partial charge >= 0.3 is 0 Å². The van der Waals surface area contributed by atoms with Crippen molar-refractivity contribution in [1.82, 2.24) is 4.31 Å².